The quantitative estimate of drug-likeness (QED) is 0.365. The molecular weight excluding hydrogens is 378 g/mol. The van der Waals surface area contributed by atoms with Crippen LogP contribution in [0.4, 0.5) is 0 Å². The Hall–Kier alpha value is -2.24. The fraction of sp³-hybridized carbons (Fsp3) is 0.238. The molecule has 0 N–H and O–H groups in total. The summed E-state index contributed by atoms with van der Waals surface area (Å²) in [6.07, 6.45) is 1.84. The SMILES string of the molecule is C=CCn1c(COc2cc(C)cc(C)c2)nnc1SCc1ccccc1Cl. The van der Waals surface area contributed by atoms with E-state index in [-0.39, 0.29) is 0 Å². The number of halogens is 1. The van der Waals surface area contributed by atoms with E-state index in [0.717, 1.165) is 33.1 Å². The average molecular weight is 400 g/mol. The molecule has 0 radical (unpaired) electrons. The molecular formula is C21H22ClN3OS. The van der Waals surface area contributed by atoms with E-state index in [9.17, 15) is 0 Å². The number of benzene rings is 2. The summed E-state index contributed by atoms with van der Waals surface area (Å²) in [4.78, 5) is 0. The van der Waals surface area contributed by atoms with Gasteiger partial charge in [0.2, 0.25) is 0 Å². The van der Waals surface area contributed by atoms with Crippen LogP contribution in [0.15, 0.2) is 60.3 Å². The number of aryl methyl sites for hydroxylation is 2. The van der Waals surface area contributed by atoms with Crippen LogP contribution in [-0.2, 0) is 18.9 Å². The Kier molecular flexibility index (Phi) is 6.58. The number of nitrogens with zero attached hydrogens (tertiary/aromatic N) is 3. The van der Waals surface area contributed by atoms with Gasteiger partial charge >= 0.3 is 0 Å². The predicted octanol–water partition coefficient (Wildman–Crippen LogP) is 5.61. The first kappa shape index (κ1) is 19.5. The molecule has 3 aromatic rings. The van der Waals surface area contributed by atoms with Gasteiger partial charge in [0.1, 0.15) is 12.4 Å². The third kappa shape index (κ3) is 5.15. The van der Waals surface area contributed by atoms with Gasteiger partial charge in [-0.2, -0.15) is 0 Å². The molecule has 0 aliphatic heterocycles. The molecule has 0 bridgehead atoms. The molecule has 0 saturated heterocycles. The molecule has 1 heterocycles. The Morgan fingerprint density at radius 2 is 1.89 bits per heavy atom. The Labute approximate surface area is 169 Å². The zero-order valence-electron chi connectivity index (χ0n) is 15.5. The molecule has 0 aliphatic carbocycles. The summed E-state index contributed by atoms with van der Waals surface area (Å²) >= 11 is 7.85. The molecule has 0 unspecified atom stereocenters. The summed E-state index contributed by atoms with van der Waals surface area (Å²) < 4.78 is 7.97. The molecule has 27 heavy (non-hydrogen) atoms. The number of allylic oxidation sites excluding steroid dienone is 1. The molecule has 0 spiro atoms. The lowest BCUT2D eigenvalue weighted by Gasteiger charge is -2.10. The van der Waals surface area contributed by atoms with Crippen LogP contribution < -0.4 is 4.74 Å². The van der Waals surface area contributed by atoms with Crippen LogP contribution in [0, 0.1) is 13.8 Å². The highest BCUT2D eigenvalue weighted by Gasteiger charge is 2.13. The summed E-state index contributed by atoms with van der Waals surface area (Å²) in [5.74, 6) is 2.34. The molecule has 3 rings (SSSR count). The van der Waals surface area contributed by atoms with E-state index in [1.54, 1.807) is 11.8 Å². The summed E-state index contributed by atoms with van der Waals surface area (Å²) in [6, 6.07) is 14.0. The Morgan fingerprint density at radius 3 is 2.59 bits per heavy atom. The number of rotatable bonds is 8. The molecule has 0 amide bonds. The normalized spacial score (nSPS) is 10.8. The van der Waals surface area contributed by atoms with Gasteiger partial charge in [0.05, 0.1) is 0 Å². The van der Waals surface area contributed by atoms with E-state index < -0.39 is 0 Å². The third-order valence-corrected chi connectivity index (χ3v) is 5.37. The van der Waals surface area contributed by atoms with Gasteiger partial charge in [0.25, 0.3) is 0 Å². The van der Waals surface area contributed by atoms with Crippen molar-refractivity contribution in [2.24, 2.45) is 0 Å². The Morgan fingerprint density at radius 1 is 1.15 bits per heavy atom. The van der Waals surface area contributed by atoms with E-state index >= 15 is 0 Å². The summed E-state index contributed by atoms with van der Waals surface area (Å²) in [5, 5.41) is 10.2. The minimum atomic E-state index is 0.358. The molecule has 1 aromatic heterocycles. The summed E-state index contributed by atoms with van der Waals surface area (Å²) in [7, 11) is 0. The Bertz CT molecular complexity index is 919. The van der Waals surface area contributed by atoms with Gasteiger partial charge < -0.3 is 4.74 Å². The first-order chi connectivity index (χ1) is 13.1. The van der Waals surface area contributed by atoms with Crippen molar-refractivity contribution in [3.8, 4) is 5.75 Å². The standard InChI is InChI=1S/C21H22ClN3OS/c1-4-9-25-20(13-26-18-11-15(2)10-16(3)12-18)23-24-21(25)27-14-17-7-5-6-8-19(17)22/h4-8,10-12H,1,9,13-14H2,2-3H3. The van der Waals surface area contributed by atoms with E-state index in [1.807, 2.05) is 47.0 Å². The zero-order chi connectivity index (χ0) is 19.2. The number of ether oxygens (including phenoxy) is 1. The van der Waals surface area contributed by atoms with Gasteiger partial charge in [-0.05, 0) is 48.7 Å². The lowest BCUT2D eigenvalue weighted by molar-refractivity contribution is 0.289. The van der Waals surface area contributed by atoms with Crippen molar-refractivity contribution in [2.75, 3.05) is 0 Å². The second-order valence-corrected chi connectivity index (χ2v) is 7.64. The largest absolute Gasteiger partial charge is 0.486 e. The van der Waals surface area contributed by atoms with E-state index in [4.69, 9.17) is 16.3 Å². The lowest BCUT2D eigenvalue weighted by Crippen LogP contribution is -2.07. The molecule has 0 aliphatic rings. The van der Waals surface area contributed by atoms with Crippen molar-refractivity contribution in [3.05, 3.63) is 82.7 Å². The van der Waals surface area contributed by atoms with E-state index in [1.165, 1.54) is 11.1 Å². The van der Waals surface area contributed by atoms with Crippen molar-refractivity contribution in [1.82, 2.24) is 14.8 Å². The van der Waals surface area contributed by atoms with Crippen LogP contribution >= 0.6 is 23.4 Å². The van der Waals surface area contributed by atoms with Gasteiger partial charge in [-0.3, -0.25) is 4.57 Å². The predicted molar refractivity (Wildman–Crippen MR) is 111 cm³/mol. The highest BCUT2D eigenvalue weighted by Crippen LogP contribution is 2.26. The first-order valence-corrected chi connectivity index (χ1v) is 10.0. The van der Waals surface area contributed by atoms with Crippen molar-refractivity contribution in [3.63, 3.8) is 0 Å². The third-order valence-electron chi connectivity index (χ3n) is 3.98. The fourth-order valence-electron chi connectivity index (χ4n) is 2.77. The van der Waals surface area contributed by atoms with Crippen LogP contribution in [0.1, 0.15) is 22.5 Å². The number of hydrogen-bond acceptors (Lipinski definition) is 4. The van der Waals surface area contributed by atoms with Crippen LogP contribution in [0.5, 0.6) is 5.75 Å². The van der Waals surface area contributed by atoms with Gasteiger partial charge in [-0.25, -0.2) is 0 Å². The smallest absolute Gasteiger partial charge is 0.191 e. The number of thioether (sulfide) groups is 1. The minimum absolute atomic E-state index is 0.358. The van der Waals surface area contributed by atoms with Crippen LogP contribution in [0.25, 0.3) is 0 Å². The Balaban J connectivity index is 1.72. The average Bonchev–Trinajstić information content (AvgIpc) is 3.01. The number of hydrogen-bond donors (Lipinski definition) is 0. The highest BCUT2D eigenvalue weighted by molar-refractivity contribution is 7.98. The molecule has 0 atom stereocenters. The monoisotopic (exact) mass is 399 g/mol. The van der Waals surface area contributed by atoms with Gasteiger partial charge in [0.15, 0.2) is 11.0 Å². The van der Waals surface area contributed by atoms with Crippen molar-refractivity contribution in [1.29, 1.82) is 0 Å². The van der Waals surface area contributed by atoms with Gasteiger partial charge in [-0.1, -0.05) is 53.7 Å². The second-order valence-electron chi connectivity index (χ2n) is 6.29. The first-order valence-electron chi connectivity index (χ1n) is 8.67. The van der Waals surface area contributed by atoms with Crippen molar-refractivity contribution < 1.29 is 4.74 Å². The maximum Gasteiger partial charge on any atom is 0.191 e. The van der Waals surface area contributed by atoms with Crippen LogP contribution in [0.3, 0.4) is 0 Å². The summed E-state index contributed by atoms with van der Waals surface area (Å²) in [6.45, 7) is 8.95. The van der Waals surface area contributed by atoms with Crippen molar-refractivity contribution >= 4 is 23.4 Å². The topological polar surface area (TPSA) is 39.9 Å². The van der Waals surface area contributed by atoms with Gasteiger partial charge in [-0.15, -0.1) is 16.8 Å². The highest BCUT2D eigenvalue weighted by atomic mass is 35.5. The second kappa shape index (κ2) is 9.11. The number of aromatic nitrogens is 3. The van der Waals surface area contributed by atoms with E-state index in [2.05, 4.69) is 36.7 Å². The molecule has 6 heteroatoms. The molecule has 0 saturated carbocycles. The van der Waals surface area contributed by atoms with Crippen molar-refractivity contribution in [2.45, 2.75) is 37.9 Å². The zero-order valence-corrected chi connectivity index (χ0v) is 17.1. The maximum atomic E-state index is 6.25. The lowest BCUT2D eigenvalue weighted by atomic mass is 10.1. The molecule has 0 fully saturated rings. The van der Waals surface area contributed by atoms with Crippen LogP contribution in [-0.4, -0.2) is 14.8 Å². The van der Waals surface area contributed by atoms with Crippen LogP contribution in [0.2, 0.25) is 5.02 Å². The van der Waals surface area contributed by atoms with Gasteiger partial charge in [0, 0.05) is 17.3 Å². The maximum absolute atomic E-state index is 6.25. The minimum Gasteiger partial charge on any atom is -0.486 e. The molecule has 2 aromatic carbocycles. The summed E-state index contributed by atoms with van der Waals surface area (Å²) in [5.41, 5.74) is 3.42. The fourth-order valence-corrected chi connectivity index (χ4v) is 4.02. The van der Waals surface area contributed by atoms with E-state index in [0.29, 0.717) is 13.2 Å². The molecule has 4 nitrogen and oxygen atoms in total. The molecule has 140 valence electrons.